The number of carbonyl (C=O) groups is 1. The van der Waals surface area contributed by atoms with Gasteiger partial charge in [-0.2, -0.15) is 23.1 Å². The minimum Gasteiger partial charge on any atom is -0.475 e. The van der Waals surface area contributed by atoms with Crippen LogP contribution in [0.3, 0.4) is 0 Å². The van der Waals surface area contributed by atoms with Gasteiger partial charge in [-0.15, -0.1) is 0 Å². The number of carboxylic acid groups (broad SMARTS) is 1. The molecule has 4 heterocycles. The van der Waals surface area contributed by atoms with Crippen LogP contribution in [0.15, 0.2) is 37.4 Å². The van der Waals surface area contributed by atoms with Crippen LogP contribution in [0.1, 0.15) is 12.6 Å². The Labute approximate surface area is 187 Å². The first-order chi connectivity index (χ1) is 15.7. The molecule has 0 unspecified atom stereocenters. The van der Waals surface area contributed by atoms with Gasteiger partial charge in [0, 0.05) is 5.69 Å². The number of H-pyrrole nitrogens is 1. The molecular weight excluding hydrogens is 471 g/mol. The van der Waals surface area contributed by atoms with E-state index in [1.807, 2.05) is 6.92 Å². The maximum Gasteiger partial charge on any atom is 0.490 e. The number of aliphatic carboxylic acids is 1. The molecule has 0 spiro atoms. The number of ether oxygens (including phenoxy) is 2. The Balaban J connectivity index is 0.000000383. The van der Waals surface area contributed by atoms with E-state index >= 15 is 0 Å². The van der Waals surface area contributed by atoms with Crippen LogP contribution in [0.2, 0.25) is 5.02 Å². The van der Waals surface area contributed by atoms with Gasteiger partial charge in [0.05, 0.1) is 29.8 Å². The summed E-state index contributed by atoms with van der Waals surface area (Å²) in [5.41, 5.74) is 1.32. The third-order valence-corrected chi connectivity index (χ3v) is 4.12. The number of alkyl halides is 3. The zero-order valence-electron chi connectivity index (χ0n) is 16.5. The Bertz CT molecular complexity index is 1240. The molecule has 0 aromatic carbocycles. The molecule has 0 aliphatic rings. The van der Waals surface area contributed by atoms with E-state index in [-0.39, 0.29) is 11.9 Å². The normalized spacial score (nSPS) is 10.9. The molecule has 0 bridgehead atoms. The molecule has 2 N–H and O–H groups in total. The highest BCUT2D eigenvalue weighted by atomic mass is 35.5. The first kappa shape index (κ1) is 23.6. The van der Waals surface area contributed by atoms with Gasteiger partial charge >= 0.3 is 18.2 Å². The molecule has 0 fully saturated rings. The number of halogens is 4. The second-order valence-corrected chi connectivity index (χ2v) is 6.34. The SMILES string of the molecule is CCc1[nH]c2nc(Oc3cncnc3)nc(Oc3cncnc3)c2c1Cl.O=C(O)C(F)(F)F. The van der Waals surface area contributed by atoms with Crippen LogP contribution in [-0.2, 0) is 11.2 Å². The molecule has 0 saturated heterocycles. The van der Waals surface area contributed by atoms with Crippen molar-refractivity contribution >= 4 is 28.6 Å². The summed E-state index contributed by atoms with van der Waals surface area (Å²) in [5.74, 6) is -1.71. The summed E-state index contributed by atoms with van der Waals surface area (Å²) in [6, 6.07) is 0.0692. The van der Waals surface area contributed by atoms with Gasteiger partial charge in [0.2, 0.25) is 5.88 Å². The number of carboxylic acids is 1. The molecule has 4 aromatic heterocycles. The van der Waals surface area contributed by atoms with Crippen molar-refractivity contribution in [3.8, 4) is 23.4 Å². The van der Waals surface area contributed by atoms with E-state index < -0.39 is 12.1 Å². The Morgan fingerprint density at radius 2 is 1.55 bits per heavy atom. The van der Waals surface area contributed by atoms with E-state index in [0.717, 1.165) is 5.69 Å². The first-order valence-corrected chi connectivity index (χ1v) is 9.30. The number of aromatic nitrogens is 7. The fraction of sp³-hybridized carbons (Fsp3) is 0.167. The summed E-state index contributed by atoms with van der Waals surface area (Å²) in [7, 11) is 0. The highest BCUT2D eigenvalue weighted by Gasteiger charge is 2.38. The van der Waals surface area contributed by atoms with Gasteiger partial charge in [-0.05, 0) is 6.42 Å². The number of aryl methyl sites for hydroxylation is 1. The van der Waals surface area contributed by atoms with Gasteiger partial charge in [-0.25, -0.2) is 24.7 Å². The number of nitrogens with zero attached hydrogens (tertiary/aromatic N) is 6. The minimum atomic E-state index is -5.08. The van der Waals surface area contributed by atoms with Crippen LogP contribution in [0.5, 0.6) is 23.4 Å². The molecule has 0 radical (unpaired) electrons. The average Bonchev–Trinajstić information content (AvgIpc) is 3.10. The van der Waals surface area contributed by atoms with Gasteiger partial charge in [-0.3, -0.25) is 0 Å². The Kier molecular flexibility index (Phi) is 7.17. The molecule has 0 saturated carbocycles. The van der Waals surface area contributed by atoms with E-state index in [4.69, 9.17) is 31.0 Å². The van der Waals surface area contributed by atoms with Crippen molar-refractivity contribution < 1.29 is 32.5 Å². The lowest BCUT2D eigenvalue weighted by molar-refractivity contribution is -0.192. The number of hydrogen-bond donors (Lipinski definition) is 2. The zero-order valence-corrected chi connectivity index (χ0v) is 17.3. The molecule has 4 aromatic rings. The van der Waals surface area contributed by atoms with Gasteiger partial charge in [0.25, 0.3) is 0 Å². The van der Waals surface area contributed by atoms with Crippen molar-refractivity contribution in [2.75, 3.05) is 0 Å². The molecule has 4 rings (SSSR count). The van der Waals surface area contributed by atoms with Crippen molar-refractivity contribution in [1.82, 2.24) is 34.9 Å². The first-order valence-electron chi connectivity index (χ1n) is 8.93. The van der Waals surface area contributed by atoms with E-state index in [0.29, 0.717) is 34.0 Å². The standard InChI is InChI=1S/C16H12ClN7O2.C2HF3O2/c1-2-11-13(17)12-14(22-11)23-16(26-10-5-20-8-21-6-10)24-15(12)25-9-3-18-7-19-4-9;3-2(4,5)1(6)7/h3-8H,2H2,1H3,(H,22,23,24);(H,6,7). The van der Waals surface area contributed by atoms with Crippen LogP contribution in [-0.4, -0.2) is 52.1 Å². The Hall–Kier alpha value is -4.07. The molecule has 15 heteroatoms. The van der Waals surface area contributed by atoms with Crippen molar-refractivity contribution in [3.63, 3.8) is 0 Å². The van der Waals surface area contributed by atoms with Crippen LogP contribution in [0.4, 0.5) is 13.2 Å². The third kappa shape index (κ3) is 6.00. The highest BCUT2D eigenvalue weighted by Crippen LogP contribution is 2.36. The smallest absolute Gasteiger partial charge is 0.475 e. The number of nitrogens with one attached hydrogen (secondary N) is 1. The molecule has 11 nitrogen and oxygen atoms in total. The Morgan fingerprint density at radius 1 is 1.03 bits per heavy atom. The van der Waals surface area contributed by atoms with Crippen LogP contribution in [0.25, 0.3) is 11.0 Å². The monoisotopic (exact) mass is 483 g/mol. The number of fused-ring (bicyclic) bond motifs is 1. The van der Waals surface area contributed by atoms with Crippen LogP contribution >= 0.6 is 11.6 Å². The average molecular weight is 484 g/mol. The van der Waals surface area contributed by atoms with Gasteiger partial charge in [0.15, 0.2) is 11.5 Å². The molecule has 172 valence electrons. The lowest BCUT2D eigenvalue weighted by Gasteiger charge is -2.08. The van der Waals surface area contributed by atoms with Crippen molar-refractivity contribution in [2.24, 2.45) is 0 Å². The number of rotatable bonds is 5. The summed E-state index contributed by atoms with van der Waals surface area (Å²) in [5, 5.41) is 8.19. The van der Waals surface area contributed by atoms with Crippen molar-refractivity contribution in [1.29, 1.82) is 0 Å². The second-order valence-electron chi connectivity index (χ2n) is 5.96. The fourth-order valence-corrected chi connectivity index (χ4v) is 2.67. The third-order valence-electron chi connectivity index (χ3n) is 3.70. The van der Waals surface area contributed by atoms with Gasteiger partial charge in [-0.1, -0.05) is 18.5 Å². The minimum absolute atomic E-state index is 0.0692. The predicted molar refractivity (Wildman–Crippen MR) is 106 cm³/mol. The molecule has 0 aliphatic heterocycles. The van der Waals surface area contributed by atoms with Gasteiger partial charge < -0.3 is 19.6 Å². The zero-order chi connectivity index (χ0) is 24.0. The van der Waals surface area contributed by atoms with E-state index in [1.54, 1.807) is 0 Å². The maximum atomic E-state index is 10.6. The summed E-state index contributed by atoms with van der Waals surface area (Å²) in [6.45, 7) is 1.98. The molecule has 33 heavy (non-hydrogen) atoms. The fourth-order valence-electron chi connectivity index (χ4n) is 2.31. The van der Waals surface area contributed by atoms with Crippen LogP contribution in [0, 0.1) is 0 Å². The summed E-state index contributed by atoms with van der Waals surface area (Å²) in [6.07, 6.45) is 4.48. The lowest BCUT2D eigenvalue weighted by atomic mass is 10.3. The van der Waals surface area contributed by atoms with Crippen molar-refractivity contribution in [3.05, 3.63) is 48.2 Å². The Morgan fingerprint density at radius 3 is 2.03 bits per heavy atom. The van der Waals surface area contributed by atoms with E-state index in [2.05, 4.69) is 34.9 Å². The molecule has 0 amide bonds. The quantitative estimate of drug-likeness (QED) is 0.427. The summed E-state index contributed by atoms with van der Waals surface area (Å²) >= 11 is 6.46. The van der Waals surface area contributed by atoms with E-state index in [1.165, 1.54) is 37.4 Å². The maximum absolute atomic E-state index is 10.6. The number of aromatic amines is 1. The highest BCUT2D eigenvalue weighted by molar-refractivity contribution is 6.36. The van der Waals surface area contributed by atoms with Crippen molar-refractivity contribution in [2.45, 2.75) is 19.5 Å². The lowest BCUT2D eigenvalue weighted by Crippen LogP contribution is -2.21. The summed E-state index contributed by atoms with van der Waals surface area (Å²) in [4.78, 5) is 36.4. The summed E-state index contributed by atoms with van der Waals surface area (Å²) < 4.78 is 43.2. The van der Waals surface area contributed by atoms with E-state index in [9.17, 15) is 13.2 Å². The largest absolute Gasteiger partial charge is 0.490 e. The van der Waals surface area contributed by atoms with Crippen LogP contribution < -0.4 is 9.47 Å². The molecule has 0 atom stereocenters. The van der Waals surface area contributed by atoms with Gasteiger partial charge in [0.1, 0.15) is 23.7 Å². The molecule has 0 aliphatic carbocycles. The predicted octanol–water partition coefficient (Wildman–Crippen LogP) is 3.97. The topological polar surface area (TPSA) is 149 Å². The molecular formula is C18H13ClF3N7O4. The second kappa shape index (κ2) is 10.0. The number of hydrogen-bond acceptors (Lipinski definition) is 9.